The zero-order valence-electron chi connectivity index (χ0n) is 15.9. The first kappa shape index (κ1) is 19.9. The zero-order chi connectivity index (χ0) is 20.8. The predicted molar refractivity (Wildman–Crippen MR) is 115 cm³/mol. The number of rotatable bonds is 5. The summed E-state index contributed by atoms with van der Waals surface area (Å²) >= 11 is 6.18. The van der Waals surface area contributed by atoms with Gasteiger partial charge in [-0.25, -0.2) is 4.98 Å². The van der Waals surface area contributed by atoms with Gasteiger partial charge in [-0.3, -0.25) is 0 Å². The van der Waals surface area contributed by atoms with Crippen molar-refractivity contribution in [2.24, 2.45) is 0 Å². The fraction of sp³-hybridized carbons (Fsp3) is 0.0909. The Labute approximate surface area is 174 Å². The number of allylic oxidation sites excluding steroid dienone is 1. The predicted octanol–water partition coefficient (Wildman–Crippen LogP) is 5.64. The van der Waals surface area contributed by atoms with E-state index < -0.39 is 0 Å². The van der Waals surface area contributed by atoms with E-state index in [1.54, 1.807) is 36.4 Å². The maximum atomic E-state index is 8.90. The molecule has 0 saturated carbocycles. The van der Waals surface area contributed by atoms with Gasteiger partial charge in [0.15, 0.2) is 0 Å². The van der Waals surface area contributed by atoms with E-state index in [9.17, 15) is 0 Å². The molecule has 2 N–H and O–H groups in total. The molecule has 7 heteroatoms. The van der Waals surface area contributed by atoms with Gasteiger partial charge in [-0.15, -0.1) is 0 Å². The van der Waals surface area contributed by atoms with Crippen molar-refractivity contribution in [1.29, 1.82) is 10.5 Å². The van der Waals surface area contributed by atoms with Crippen LogP contribution in [-0.4, -0.2) is 9.97 Å². The lowest BCUT2D eigenvalue weighted by molar-refractivity contribution is 1.16. The summed E-state index contributed by atoms with van der Waals surface area (Å²) in [5.41, 5.74) is 5.22. The van der Waals surface area contributed by atoms with E-state index in [2.05, 4.69) is 26.7 Å². The normalized spacial score (nSPS) is 10.4. The summed E-state index contributed by atoms with van der Waals surface area (Å²) in [5.74, 6) is 0.890. The standard InChI is InChI=1S/C22H17ClN6/c1-14-10-17(4-3-9-24)11-15(2)21(14)28-20-12-19(23)27-22(29-20)26-18-7-5-16(13-25)6-8-18/h3-8,10-12H,1-2H3,(H2,26,27,28,29). The van der Waals surface area contributed by atoms with Gasteiger partial charge < -0.3 is 10.6 Å². The van der Waals surface area contributed by atoms with Crippen LogP contribution in [0.15, 0.2) is 48.5 Å². The number of hydrogen-bond acceptors (Lipinski definition) is 6. The molecule has 6 nitrogen and oxygen atoms in total. The number of halogens is 1. The molecule has 0 radical (unpaired) electrons. The third-order valence-corrected chi connectivity index (χ3v) is 4.32. The van der Waals surface area contributed by atoms with Crippen LogP contribution in [0.4, 0.5) is 23.1 Å². The Morgan fingerprint density at radius 2 is 1.66 bits per heavy atom. The lowest BCUT2D eigenvalue weighted by Crippen LogP contribution is -2.03. The highest BCUT2D eigenvalue weighted by molar-refractivity contribution is 6.29. The average Bonchev–Trinajstić information content (AvgIpc) is 2.69. The summed E-state index contributed by atoms with van der Waals surface area (Å²) in [5, 5.41) is 24.3. The monoisotopic (exact) mass is 400 g/mol. The lowest BCUT2D eigenvalue weighted by atomic mass is 10.0. The molecule has 0 saturated heterocycles. The Morgan fingerprint density at radius 1 is 0.966 bits per heavy atom. The van der Waals surface area contributed by atoms with Crippen LogP contribution in [0.2, 0.25) is 5.15 Å². The highest BCUT2D eigenvalue weighted by atomic mass is 35.5. The van der Waals surface area contributed by atoms with E-state index in [1.165, 1.54) is 6.08 Å². The fourth-order valence-electron chi connectivity index (χ4n) is 2.85. The molecule has 142 valence electrons. The Balaban J connectivity index is 1.86. The number of aryl methyl sites for hydroxylation is 2. The zero-order valence-corrected chi connectivity index (χ0v) is 16.6. The second-order valence-electron chi connectivity index (χ2n) is 6.33. The van der Waals surface area contributed by atoms with E-state index in [-0.39, 0.29) is 0 Å². The van der Waals surface area contributed by atoms with Crippen molar-refractivity contribution >= 4 is 40.8 Å². The number of benzene rings is 2. The maximum absolute atomic E-state index is 8.90. The summed E-state index contributed by atoms with van der Waals surface area (Å²) in [6.07, 6.45) is 3.22. The van der Waals surface area contributed by atoms with Gasteiger partial charge in [0, 0.05) is 23.5 Å². The fourth-order valence-corrected chi connectivity index (χ4v) is 3.03. The topological polar surface area (TPSA) is 97.4 Å². The Hall–Kier alpha value is -3.87. The van der Waals surface area contributed by atoms with Crippen LogP contribution in [0.25, 0.3) is 6.08 Å². The van der Waals surface area contributed by atoms with Crippen molar-refractivity contribution < 1.29 is 0 Å². The van der Waals surface area contributed by atoms with E-state index in [4.69, 9.17) is 22.1 Å². The Kier molecular flexibility index (Phi) is 6.09. The lowest BCUT2D eigenvalue weighted by Gasteiger charge is -2.14. The van der Waals surface area contributed by atoms with Crippen molar-refractivity contribution in [3.8, 4) is 12.1 Å². The van der Waals surface area contributed by atoms with Crippen LogP contribution >= 0.6 is 11.6 Å². The van der Waals surface area contributed by atoms with Crippen LogP contribution in [0.1, 0.15) is 22.3 Å². The minimum absolute atomic E-state index is 0.294. The van der Waals surface area contributed by atoms with Crippen LogP contribution in [0.5, 0.6) is 0 Å². The largest absolute Gasteiger partial charge is 0.340 e. The molecule has 0 amide bonds. The molecular formula is C22H17ClN6. The van der Waals surface area contributed by atoms with Crippen LogP contribution in [0.3, 0.4) is 0 Å². The van der Waals surface area contributed by atoms with Crippen molar-refractivity contribution in [1.82, 2.24) is 9.97 Å². The maximum Gasteiger partial charge on any atom is 0.230 e. The molecular weight excluding hydrogens is 384 g/mol. The van der Waals surface area contributed by atoms with E-state index >= 15 is 0 Å². The summed E-state index contributed by atoms with van der Waals surface area (Å²) in [7, 11) is 0. The second-order valence-corrected chi connectivity index (χ2v) is 6.72. The second kappa shape index (κ2) is 8.88. The summed E-state index contributed by atoms with van der Waals surface area (Å²) in [4.78, 5) is 8.69. The average molecular weight is 401 g/mol. The number of hydrogen-bond donors (Lipinski definition) is 2. The van der Waals surface area contributed by atoms with Crippen molar-refractivity contribution in [3.05, 3.63) is 75.9 Å². The molecule has 2 aromatic carbocycles. The first-order chi connectivity index (χ1) is 14.0. The first-order valence-electron chi connectivity index (χ1n) is 8.74. The Morgan fingerprint density at radius 3 is 2.28 bits per heavy atom. The SMILES string of the molecule is Cc1cc(C=CC#N)cc(C)c1Nc1cc(Cl)nc(Nc2ccc(C#N)cc2)n1. The van der Waals surface area contributed by atoms with E-state index in [1.807, 2.05) is 32.0 Å². The number of nitrogens with zero attached hydrogens (tertiary/aromatic N) is 4. The van der Waals surface area contributed by atoms with Gasteiger partial charge in [0.05, 0.1) is 17.7 Å². The molecule has 0 fully saturated rings. The molecule has 0 aliphatic rings. The summed E-state index contributed by atoms with van der Waals surface area (Å²) in [6, 6.07) is 16.7. The van der Waals surface area contributed by atoms with Crippen LogP contribution in [-0.2, 0) is 0 Å². The Bertz CT molecular complexity index is 1130. The number of aromatic nitrogens is 2. The van der Waals surface area contributed by atoms with Gasteiger partial charge in [-0.05, 0) is 73.0 Å². The summed E-state index contributed by atoms with van der Waals surface area (Å²) in [6.45, 7) is 3.97. The van der Waals surface area contributed by atoms with Gasteiger partial charge in [0.1, 0.15) is 11.0 Å². The van der Waals surface area contributed by atoms with Gasteiger partial charge in [0.2, 0.25) is 5.95 Å². The molecule has 0 unspecified atom stereocenters. The molecule has 0 aliphatic carbocycles. The van der Waals surface area contributed by atoms with Crippen LogP contribution < -0.4 is 10.6 Å². The molecule has 3 rings (SSSR count). The first-order valence-corrected chi connectivity index (χ1v) is 9.12. The minimum Gasteiger partial charge on any atom is -0.340 e. The highest BCUT2D eigenvalue weighted by Crippen LogP contribution is 2.27. The van der Waals surface area contributed by atoms with E-state index in [0.29, 0.717) is 22.5 Å². The van der Waals surface area contributed by atoms with E-state index in [0.717, 1.165) is 28.1 Å². The molecule has 3 aromatic rings. The molecule has 0 aliphatic heterocycles. The third-order valence-electron chi connectivity index (χ3n) is 4.12. The van der Waals surface area contributed by atoms with Crippen molar-refractivity contribution in [3.63, 3.8) is 0 Å². The molecule has 1 heterocycles. The molecule has 29 heavy (non-hydrogen) atoms. The quantitative estimate of drug-likeness (QED) is 0.424. The number of nitriles is 2. The smallest absolute Gasteiger partial charge is 0.230 e. The van der Waals surface area contributed by atoms with Crippen LogP contribution in [0, 0.1) is 36.5 Å². The molecule has 1 aromatic heterocycles. The van der Waals surface area contributed by atoms with Gasteiger partial charge in [-0.1, -0.05) is 11.6 Å². The third kappa shape index (κ3) is 5.10. The summed E-state index contributed by atoms with van der Waals surface area (Å²) < 4.78 is 0. The highest BCUT2D eigenvalue weighted by Gasteiger charge is 2.09. The number of anilines is 4. The van der Waals surface area contributed by atoms with Gasteiger partial charge >= 0.3 is 0 Å². The molecule has 0 atom stereocenters. The minimum atomic E-state index is 0.294. The van der Waals surface area contributed by atoms with Crippen molar-refractivity contribution in [2.75, 3.05) is 10.6 Å². The van der Waals surface area contributed by atoms with Gasteiger partial charge in [0.25, 0.3) is 0 Å². The number of nitrogens with one attached hydrogen (secondary N) is 2. The van der Waals surface area contributed by atoms with Gasteiger partial charge in [-0.2, -0.15) is 15.5 Å². The van der Waals surface area contributed by atoms with Crippen molar-refractivity contribution in [2.45, 2.75) is 13.8 Å². The molecule has 0 bridgehead atoms. The molecule has 0 spiro atoms.